The Hall–Kier alpha value is -0.506. The molecule has 0 spiro atoms. The average Bonchev–Trinajstić information content (AvgIpc) is 2.75. The van der Waals surface area contributed by atoms with Crippen LogP contribution in [0, 0.1) is 0 Å². The number of unbranched alkanes of at least 4 members (excludes halogenated alkanes) is 4. The van der Waals surface area contributed by atoms with Gasteiger partial charge in [-0.2, -0.15) is 0 Å². The van der Waals surface area contributed by atoms with Gasteiger partial charge in [0.2, 0.25) is 0 Å². The molecule has 0 saturated carbocycles. The maximum absolute atomic E-state index is 6.08. The highest BCUT2D eigenvalue weighted by Gasteiger charge is 2.19. The van der Waals surface area contributed by atoms with Gasteiger partial charge in [-0.3, -0.25) is 0 Å². The third kappa shape index (κ3) is 13.0. The molecule has 1 aromatic rings. The smallest absolute Gasteiger partial charge is 0.156 e. The summed E-state index contributed by atoms with van der Waals surface area (Å²) in [6.07, 6.45) is 8.81. The quantitative estimate of drug-likeness (QED) is 0.170. The minimum absolute atomic E-state index is 0.158. The van der Waals surface area contributed by atoms with Crippen molar-refractivity contribution in [3.8, 4) is 0 Å². The number of ether oxygens (including phenoxy) is 4. The van der Waals surface area contributed by atoms with Gasteiger partial charge in [0, 0.05) is 26.4 Å². The SMILES string of the molecule is CCCCOC(OCCCC)[Si]c1ccccc1[Si]C(OCCCC)OCCCC. The van der Waals surface area contributed by atoms with Gasteiger partial charge in [0.25, 0.3) is 0 Å². The van der Waals surface area contributed by atoms with Gasteiger partial charge in [-0.15, -0.1) is 0 Å². The summed E-state index contributed by atoms with van der Waals surface area (Å²) in [5.41, 5.74) is 0. The van der Waals surface area contributed by atoms with Gasteiger partial charge in [0.05, 0.1) is 0 Å². The first-order chi connectivity index (χ1) is 14.7. The lowest BCUT2D eigenvalue weighted by molar-refractivity contribution is -0.0916. The zero-order chi connectivity index (χ0) is 21.9. The fourth-order valence-corrected chi connectivity index (χ4v) is 5.20. The Kier molecular flexibility index (Phi) is 17.6. The van der Waals surface area contributed by atoms with Crippen molar-refractivity contribution in [2.45, 2.75) is 90.9 Å². The second kappa shape index (κ2) is 19.2. The minimum Gasteiger partial charge on any atom is -0.357 e. The van der Waals surface area contributed by atoms with E-state index in [1.807, 2.05) is 0 Å². The predicted octanol–water partition coefficient (Wildman–Crippen LogP) is 4.18. The fourth-order valence-electron chi connectivity index (χ4n) is 2.59. The molecule has 0 aliphatic heterocycles. The lowest BCUT2D eigenvalue weighted by Gasteiger charge is -2.22. The van der Waals surface area contributed by atoms with E-state index in [0.29, 0.717) is 19.0 Å². The molecule has 0 fully saturated rings. The highest BCUT2D eigenvalue weighted by molar-refractivity contribution is 6.67. The Morgan fingerprint density at radius 1 is 0.567 bits per heavy atom. The molecule has 0 aromatic heterocycles. The van der Waals surface area contributed by atoms with Crippen LogP contribution in [0.3, 0.4) is 0 Å². The van der Waals surface area contributed by atoms with E-state index in [2.05, 4.69) is 52.0 Å². The molecular formula is C24H42O4Si2. The molecule has 170 valence electrons. The molecule has 30 heavy (non-hydrogen) atoms. The monoisotopic (exact) mass is 450 g/mol. The van der Waals surface area contributed by atoms with Crippen LogP contribution in [0.25, 0.3) is 0 Å². The molecule has 6 heteroatoms. The van der Waals surface area contributed by atoms with Crippen molar-refractivity contribution >= 4 is 29.4 Å². The van der Waals surface area contributed by atoms with Gasteiger partial charge < -0.3 is 18.9 Å². The van der Waals surface area contributed by atoms with Crippen LogP contribution in [0.4, 0.5) is 0 Å². The van der Waals surface area contributed by atoms with Gasteiger partial charge in [0.1, 0.15) is 11.8 Å². The van der Waals surface area contributed by atoms with Crippen LogP contribution < -0.4 is 10.4 Å². The lowest BCUT2D eigenvalue weighted by Crippen LogP contribution is -2.46. The third-order valence-electron chi connectivity index (χ3n) is 4.54. The average molecular weight is 451 g/mol. The van der Waals surface area contributed by atoms with Crippen LogP contribution in [0.1, 0.15) is 79.1 Å². The summed E-state index contributed by atoms with van der Waals surface area (Å²) < 4.78 is 24.3. The zero-order valence-electron chi connectivity index (χ0n) is 19.6. The van der Waals surface area contributed by atoms with Crippen molar-refractivity contribution in [2.75, 3.05) is 26.4 Å². The first-order valence-electron chi connectivity index (χ1n) is 11.8. The topological polar surface area (TPSA) is 36.9 Å². The van der Waals surface area contributed by atoms with Crippen molar-refractivity contribution in [1.29, 1.82) is 0 Å². The van der Waals surface area contributed by atoms with Gasteiger partial charge in [-0.1, -0.05) is 88.0 Å². The highest BCUT2D eigenvalue weighted by atomic mass is 28.2. The number of hydrogen-bond acceptors (Lipinski definition) is 4. The number of hydrogen-bond donors (Lipinski definition) is 0. The third-order valence-corrected chi connectivity index (χ3v) is 7.42. The van der Waals surface area contributed by atoms with Crippen molar-refractivity contribution in [3.05, 3.63) is 24.3 Å². The van der Waals surface area contributed by atoms with Crippen LogP contribution in [0.5, 0.6) is 0 Å². The molecule has 0 unspecified atom stereocenters. The second-order valence-corrected chi connectivity index (χ2v) is 9.99. The van der Waals surface area contributed by atoms with E-state index in [1.165, 1.54) is 10.4 Å². The highest BCUT2D eigenvalue weighted by Crippen LogP contribution is 2.02. The lowest BCUT2D eigenvalue weighted by atomic mass is 10.4. The van der Waals surface area contributed by atoms with Crippen LogP contribution in [-0.4, -0.2) is 57.3 Å². The molecule has 0 aliphatic carbocycles. The molecule has 0 N–H and O–H groups in total. The summed E-state index contributed by atoms with van der Waals surface area (Å²) in [5.74, 6) is -0.316. The standard InChI is InChI=1S/C24H42O4Si2/c1-5-9-17-25-23(26-18-10-6-2)29-21-15-13-14-16-22(21)30-24(27-19-11-7-3)28-20-12-8-4/h13-16,23-24H,5-12,17-20H2,1-4H3. The molecule has 4 nitrogen and oxygen atoms in total. The van der Waals surface area contributed by atoms with E-state index < -0.39 is 0 Å². The molecule has 0 amide bonds. The second-order valence-electron chi connectivity index (χ2n) is 7.40. The van der Waals surface area contributed by atoms with Crippen LogP contribution in [0.2, 0.25) is 0 Å². The summed E-state index contributed by atoms with van der Waals surface area (Å²) >= 11 is 0. The summed E-state index contributed by atoms with van der Waals surface area (Å²) in [6.45, 7) is 11.8. The first kappa shape index (κ1) is 27.5. The Morgan fingerprint density at radius 3 is 1.13 bits per heavy atom. The molecule has 1 rings (SSSR count). The summed E-state index contributed by atoms with van der Waals surface area (Å²) in [4.78, 5) is 0. The fraction of sp³-hybridized carbons (Fsp3) is 0.750. The predicted molar refractivity (Wildman–Crippen MR) is 128 cm³/mol. The molecule has 0 saturated heterocycles. The summed E-state index contributed by atoms with van der Waals surface area (Å²) in [6, 6.07) is 8.62. The van der Waals surface area contributed by atoms with E-state index >= 15 is 0 Å². The molecule has 0 bridgehead atoms. The van der Waals surface area contributed by atoms with Gasteiger partial charge >= 0.3 is 0 Å². The molecular weight excluding hydrogens is 408 g/mol. The van der Waals surface area contributed by atoms with Gasteiger partial charge in [-0.25, -0.2) is 0 Å². The van der Waals surface area contributed by atoms with Crippen molar-refractivity contribution < 1.29 is 18.9 Å². The normalized spacial score (nSPS) is 11.7. The van der Waals surface area contributed by atoms with Crippen LogP contribution >= 0.6 is 0 Å². The van der Waals surface area contributed by atoms with E-state index in [1.54, 1.807) is 0 Å². The minimum atomic E-state index is -0.158. The molecule has 4 radical (unpaired) electrons. The van der Waals surface area contributed by atoms with Gasteiger partial charge in [0.15, 0.2) is 19.0 Å². The van der Waals surface area contributed by atoms with E-state index in [-0.39, 0.29) is 11.8 Å². The molecule has 0 aliphatic rings. The van der Waals surface area contributed by atoms with Gasteiger partial charge in [-0.05, 0) is 25.7 Å². The molecule has 0 heterocycles. The first-order valence-corrected chi connectivity index (χ1v) is 14.0. The number of rotatable bonds is 20. The Bertz CT molecular complexity index is 451. The largest absolute Gasteiger partial charge is 0.357 e. The van der Waals surface area contributed by atoms with Crippen LogP contribution in [0.15, 0.2) is 24.3 Å². The molecule has 0 atom stereocenters. The van der Waals surface area contributed by atoms with E-state index in [4.69, 9.17) is 18.9 Å². The Morgan fingerprint density at radius 2 is 0.867 bits per heavy atom. The maximum Gasteiger partial charge on any atom is 0.156 e. The Balaban J connectivity index is 2.78. The summed E-state index contributed by atoms with van der Waals surface area (Å²) in [5, 5.41) is 2.61. The maximum atomic E-state index is 6.08. The van der Waals surface area contributed by atoms with Crippen LogP contribution in [-0.2, 0) is 18.9 Å². The van der Waals surface area contributed by atoms with Crippen molar-refractivity contribution in [2.24, 2.45) is 0 Å². The van der Waals surface area contributed by atoms with E-state index in [9.17, 15) is 0 Å². The number of benzene rings is 1. The zero-order valence-corrected chi connectivity index (χ0v) is 21.6. The summed E-state index contributed by atoms with van der Waals surface area (Å²) in [7, 11) is 0.945. The Labute approximate surface area is 190 Å². The molecule has 1 aromatic carbocycles. The van der Waals surface area contributed by atoms with Crippen molar-refractivity contribution in [1.82, 2.24) is 0 Å². The van der Waals surface area contributed by atoms with E-state index in [0.717, 1.165) is 77.8 Å². The van der Waals surface area contributed by atoms with Crippen molar-refractivity contribution in [3.63, 3.8) is 0 Å².